The number of amides is 2. The summed E-state index contributed by atoms with van der Waals surface area (Å²) in [5, 5.41) is 5.68. The Labute approximate surface area is 125 Å². The largest absolute Gasteiger partial charge is 0.354 e. The van der Waals surface area contributed by atoms with E-state index in [0.717, 1.165) is 12.3 Å². The van der Waals surface area contributed by atoms with Crippen molar-refractivity contribution in [3.8, 4) is 0 Å². The molecule has 2 amide bonds. The van der Waals surface area contributed by atoms with Gasteiger partial charge in [0.25, 0.3) is 0 Å². The van der Waals surface area contributed by atoms with Crippen LogP contribution < -0.4 is 10.6 Å². The van der Waals surface area contributed by atoms with Crippen LogP contribution in [0.2, 0.25) is 0 Å². The number of nitrogens with one attached hydrogen (secondary N) is 2. The zero-order chi connectivity index (χ0) is 14.7. The molecule has 2 atom stereocenters. The third kappa shape index (κ3) is 3.63. The van der Waals surface area contributed by atoms with Gasteiger partial charge < -0.3 is 10.6 Å². The van der Waals surface area contributed by atoms with Gasteiger partial charge in [-0.2, -0.15) is 0 Å². The summed E-state index contributed by atoms with van der Waals surface area (Å²) in [6, 6.07) is 10.2. The van der Waals surface area contributed by atoms with Gasteiger partial charge in [-0.25, -0.2) is 0 Å². The smallest absolute Gasteiger partial charge is 0.242 e. The Morgan fingerprint density at radius 3 is 2.62 bits per heavy atom. The fraction of sp³-hybridized carbons (Fsp3) is 0.529. The van der Waals surface area contributed by atoms with Gasteiger partial charge in [0.05, 0.1) is 0 Å². The topological polar surface area (TPSA) is 58.2 Å². The van der Waals surface area contributed by atoms with Crippen LogP contribution in [0.25, 0.3) is 0 Å². The van der Waals surface area contributed by atoms with Crippen molar-refractivity contribution < 1.29 is 9.59 Å². The molecule has 1 aromatic carbocycles. The molecule has 0 spiro atoms. The highest BCUT2D eigenvalue weighted by Gasteiger charge is 2.32. The molecule has 1 heterocycles. The van der Waals surface area contributed by atoms with Crippen molar-refractivity contribution in [2.75, 3.05) is 6.54 Å². The second kappa shape index (κ2) is 6.29. The molecule has 4 nitrogen and oxygen atoms in total. The van der Waals surface area contributed by atoms with Crippen molar-refractivity contribution in [1.29, 1.82) is 0 Å². The number of benzene rings is 1. The van der Waals surface area contributed by atoms with Gasteiger partial charge >= 0.3 is 0 Å². The van der Waals surface area contributed by atoms with Gasteiger partial charge in [-0.15, -0.1) is 0 Å². The van der Waals surface area contributed by atoms with Gasteiger partial charge in [0, 0.05) is 13.0 Å². The molecule has 2 N–H and O–H groups in total. The molecule has 0 aromatic heterocycles. The predicted molar refractivity (Wildman–Crippen MR) is 80.7 cm³/mol. The zero-order valence-electron chi connectivity index (χ0n) is 12.2. The van der Waals surface area contributed by atoms with Crippen LogP contribution in [0.3, 0.4) is 0 Å². The van der Waals surface area contributed by atoms with Crippen LogP contribution in [0.4, 0.5) is 0 Å². The molecule has 3 rings (SSSR count). The van der Waals surface area contributed by atoms with Crippen molar-refractivity contribution in [1.82, 2.24) is 10.6 Å². The Kier molecular flexibility index (Phi) is 4.23. The van der Waals surface area contributed by atoms with E-state index in [1.54, 1.807) is 0 Å². The number of hydrogen-bond donors (Lipinski definition) is 2. The lowest BCUT2D eigenvalue weighted by molar-refractivity contribution is -0.125. The van der Waals surface area contributed by atoms with E-state index in [1.165, 1.54) is 18.4 Å². The summed E-state index contributed by atoms with van der Waals surface area (Å²) in [7, 11) is 0. The summed E-state index contributed by atoms with van der Waals surface area (Å²) >= 11 is 0. The lowest BCUT2D eigenvalue weighted by Gasteiger charge is -2.18. The number of carbonyl (C=O) groups excluding carboxylic acids is 2. The van der Waals surface area contributed by atoms with E-state index in [0.29, 0.717) is 25.3 Å². The lowest BCUT2D eigenvalue weighted by atomic mass is 9.91. The first kappa shape index (κ1) is 14.1. The third-order valence-corrected chi connectivity index (χ3v) is 4.49. The second-order valence-corrected chi connectivity index (χ2v) is 6.09. The van der Waals surface area contributed by atoms with E-state index in [-0.39, 0.29) is 17.9 Å². The van der Waals surface area contributed by atoms with Crippen molar-refractivity contribution in [3.05, 3.63) is 35.9 Å². The molecule has 0 radical (unpaired) electrons. The Morgan fingerprint density at radius 1 is 1.24 bits per heavy atom. The monoisotopic (exact) mass is 286 g/mol. The molecular formula is C17H22N2O2. The van der Waals surface area contributed by atoms with Crippen LogP contribution in [0.1, 0.15) is 43.6 Å². The van der Waals surface area contributed by atoms with Gasteiger partial charge in [-0.05, 0) is 43.1 Å². The van der Waals surface area contributed by atoms with E-state index in [2.05, 4.69) is 34.9 Å². The van der Waals surface area contributed by atoms with E-state index in [1.807, 2.05) is 6.07 Å². The first-order valence-electron chi connectivity index (χ1n) is 7.86. The van der Waals surface area contributed by atoms with Crippen molar-refractivity contribution in [2.24, 2.45) is 5.92 Å². The van der Waals surface area contributed by atoms with E-state index < -0.39 is 0 Å². The van der Waals surface area contributed by atoms with Crippen LogP contribution in [0, 0.1) is 5.92 Å². The van der Waals surface area contributed by atoms with E-state index in [4.69, 9.17) is 0 Å². The normalized spacial score (nSPS) is 22.7. The second-order valence-electron chi connectivity index (χ2n) is 6.09. The summed E-state index contributed by atoms with van der Waals surface area (Å²) in [5.41, 5.74) is 1.38. The first-order valence-corrected chi connectivity index (χ1v) is 7.86. The van der Waals surface area contributed by atoms with Crippen LogP contribution in [-0.4, -0.2) is 24.4 Å². The fourth-order valence-corrected chi connectivity index (χ4v) is 3.16. The zero-order valence-corrected chi connectivity index (χ0v) is 12.2. The minimum atomic E-state index is -0.325. The van der Waals surface area contributed by atoms with Gasteiger partial charge in [-0.3, -0.25) is 9.59 Å². The number of hydrogen-bond acceptors (Lipinski definition) is 2. The quantitative estimate of drug-likeness (QED) is 0.840. The molecule has 1 aliphatic carbocycles. The predicted octanol–water partition coefficient (Wildman–Crippen LogP) is 1.97. The Balaban J connectivity index is 1.49. The van der Waals surface area contributed by atoms with Gasteiger partial charge in [0.1, 0.15) is 6.04 Å². The maximum atomic E-state index is 12.0. The molecule has 0 bridgehead atoms. The molecular weight excluding hydrogens is 264 g/mol. The summed E-state index contributed by atoms with van der Waals surface area (Å²) < 4.78 is 0. The van der Waals surface area contributed by atoms with Crippen LogP contribution in [-0.2, 0) is 9.59 Å². The average molecular weight is 286 g/mol. The molecule has 1 aromatic rings. The number of carbonyl (C=O) groups is 2. The van der Waals surface area contributed by atoms with Crippen LogP contribution in [0.15, 0.2) is 30.3 Å². The Bertz CT molecular complexity index is 511. The molecule has 4 heteroatoms. The Hall–Kier alpha value is -1.84. The average Bonchev–Trinajstić information content (AvgIpc) is 3.25. The highest BCUT2D eigenvalue weighted by molar-refractivity contribution is 5.90. The van der Waals surface area contributed by atoms with Crippen molar-refractivity contribution in [2.45, 2.75) is 44.1 Å². The van der Waals surface area contributed by atoms with Crippen molar-refractivity contribution >= 4 is 11.8 Å². The first-order chi connectivity index (χ1) is 10.2. The third-order valence-electron chi connectivity index (χ3n) is 4.49. The summed E-state index contributed by atoms with van der Waals surface area (Å²) in [6.45, 7) is 0.682. The van der Waals surface area contributed by atoms with Crippen LogP contribution in [0.5, 0.6) is 0 Å². The highest BCUT2D eigenvalue weighted by atomic mass is 16.2. The molecule has 2 aliphatic rings. The van der Waals surface area contributed by atoms with Crippen molar-refractivity contribution in [3.63, 3.8) is 0 Å². The molecule has 1 saturated carbocycles. The molecule has 2 fully saturated rings. The Morgan fingerprint density at radius 2 is 2.00 bits per heavy atom. The molecule has 21 heavy (non-hydrogen) atoms. The fourth-order valence-electron chi connectivity index (χ4n) is 3.16. The molecule has 1 aliphatic heterocycles. The lowest BCUT2D eigenvalue weighted by Crippen LogP contribution is -2.42. The molecule has 112 valence electrons. The molecule has 2 unspecified atom stereocenters. The maximum Gasteiger partial charge on any atom is 0.242 e. The summed E-state index contributed by atoms with van der Waals surface area (Å²) in [4.78, 5) is 23.1. The van der Waals surface area contributed by atoms with Gasteiger partial charge in [0.2, 0.25) is 11.8 Å². The van der Waals surface area contributed by atoms with Gasteiger partial charge in [0.15, 0.2) is 0 Å². The minimum absolute atomic E-state index is 0.0182. The van der Waals surface area contributed by atoms with E-state index >= 15 is 0 Å². The minimum Gasteiger partial charge on any atom is -0.354 e. The SMILES string of the molecule is O=C1CCC(C(=O)NCCC(c2ccccc2)C2CC2)N1. The summed E-state index contributed by atoms with van der Waals surface area (Å²) in [5.74, 6) is 1.26. The standard InChI is InChI=1S/C17H22N2O2/c20-16-9-8-15(19-16)17(21)18-11-10-14(13-6-7-13)12-4-2-1-3-5-12/h1-5,13-15H,6-11H2,(H,18,21)(H,19,20). The maximum absolute atomic E-state index is 12.0. The van der Waals surface area contributed by atoms with Crippen LogP contribution >= 0.6 is 0 Å². The molecule has 1 saturated heterocycles. The van der Waals surface area contributed by atoms with Gasteiger partial charge in [-0.1, -0.05) is 30.3 Å². The highest BCUT2D eigenvalue weighted by Crippen LogP contribution is 2.44. The van der Waals surface area contributed by atoms with E-state index in [9.17, 15) is 9.59 Å². The summed E-state index contributed by atoms with van der Waals surface area (Å²) in [6.07, 6.45) is 4.65. The number of rotatable bonds is 6.